The van der Waals surface area contributed by atoms with Crippen LogP contribution in [0.15, 0.2) is 18.5 Å². The van der Waals surface area contributed by atoms with E-state index in [1.807, 2.05) is 0 Å². The summed E-state index contributed by atoms with van der Waals surface area (Å²) in [5.41, 5.74) is 0. The Morgan fingerprint density at radius 1 is 1.43 bits per heavy atom. The van der Waals surface area contributed by atoms with Gasteiger partial charge in [-0.3, -0.25) is 10.1 Å². The first-order valence-electron chi connectivity index (χ1n) is 6.57. The van der Waals surface area contributed by atoms with E-state index in [1.54, 1.807) is 17.1 Å². The van der Waals surface area contributed by atoms with Crippen LogP contribution in [-0.2, 0) is 11.5 Å². The third kappa shape index (κ3) is 4.72. The number of aromatic nitrogens is 3. The van der Waals surface area contributed by atoms with Crippen molar-refractivity contribution in [1.82, 2.24) is 14.8 Å². The summed E-state index contributed by atoms with van der Waals surface area (Å²) < 4.78 is 7.18. The minimum Gasteiger partial charge on any atom is -0.359 e. The predicted octanol–water partition coefficient (Wildman–Crippen LogP) is 3.23. The van der Waals surface area contributed by atoms with E-state index in [0.717, 1.165) is 24.0 Å². The third-order valence-electron chi connectivity index (χ3n) is 2.75. The van der Waals surface area contributed by atoms with Crippen molar-refractivity contribution in [3.05, 3.63) is 28.6 Å². The molecular weight excluding hydrogens is 308 g/mol. The van der Waals surface area contributed by atoms with Gasteiger partial charge in [-0.1, -0.05) is 31.0 Å². The van der Waals surface area contributed by atoms with Gasteiger partial charge < -0.3 is 4.74 Å². The van der Waals surface area contributed by atoms with Crippen LogP contribution in [0.2, 0.25) is 25.7 Å². The van der Waals surface area contributed by atoms with Gasteiger partial charge in [-0.2, -0.15) is 0 Å². The van der Waals surface area contributed by atoms with Crippen molar-refractivity contribution in [2.24, 2.45) is 0 Å². The van der Waals surface area contributed by atoms with Gasteiger partial charge in [-0.15, -0.1) is 5.10 Å². The van der Waals surface area contributed by atoms with Crippen molar-refractivity contribution in [2.75, 3.05) is 6.61 Å². The highest BCUT2D eigenvalue weighted by Gasteiger charge is 2.14. The molecule has 0 aliphatic carbocycles. The van der Waals surface area contributed by atoms with E-state index in [9.17, 15) is 10.1 Å². The lowest BCUT2D eigenvalue weighted by atomic mass is 10.4. The number of hydrogen-bond donors (Lipinski definition) is 0. The second-order valence-electron chi connectivity index (χ2n) is 5.85. The molecule has 0 saturated heterocycles. The van der Waals surface area contributed by atoms with Gasteiger partial charge in [-0.05, 0) is 12.1 Å². The van der Waals surface area contributed by atoms with E-state index < -0.39 is 13.0 Å². The van der Waals surface area contributed by atoms with E-state index in [2.05, 4.69) is 29.7 Å². The standard InChI is InChI=1S/C12H18N4O3SSi/c1-21(2,3)7-6-19-9-15-8-13-12(14-15)10-4-5-11(20-10)16(17)18/h4-5,8H,6-7,9H2,1-3H3. The molecule has 0 aliphatic heterocycles. The molecule has 0 unspecified atom stereocenters. The summed E-state index contributed by atoms with van der Waals surface area (Å²) in [5, 5.41) is 15.0. The van der Waals surface area contributed by atoms with Gasteiger partial charge in [0.15, 0.2) is 5.82 Å². The first kappa shape index (κ1) is 15.8. The van der Waals surface area contributed by atoms with Crippen molar-refractivity contribution >= 4 is 24.4 Å². The van der Waals surface area contributed by atoms with Crippen LogP contribution in [0.4, 0.5) is 5.00 Å². The largest absolute Gasteiger partial charge is 0.359 e. The first-order chi connectivity index (χ1) is 9.85. The Kier molecular flexibility index (Phi) is 4.86. The van der Waals surface area contributed by atoms with Crippen LogP contribution in [0.3, 0.4) is 0 Å². The Morgan fingerprint density at radius 3 is 2.81 bits per heavy atom. The summed E-state index contributed by atoms with van der Waals surface area (Å²) in [6.07, 6.45) is 1.58. The van der Waals surface area contributed by atoms with E-state index in [1.165, 1.54) is 6.07 Å². The fraction of sp³-hybridized carbons (Fsp3) is 0.500. The van der Waals surface area contributed by atoms with Gasteiger partial charge in [-0.25, -0.2) is 9.67 Å². The maximum atomic E-state index is 10.7. The number of nitro groups is 1. The smallest absolute Gasteiger partial charge is 0.324 e. The zero-order chi connectivity index (χ0) is 15.5. The van der Waals surface area contributed by atoms with Crippen molar-refractivity contribution in [1.29, 1.82) is 0 Å². The van der Waals surface area contributed by atoms with E-state index in [4.69, 9.17) is 4.74 Å². The molecule has 0 fully saturated rings. The Hall–Kier alpha value is -1.58. The molecule has 0 saturated carbocycles. The molecule has 9 heteroatoms. The number of thiophene rings is 1. The minimum absolute atomic E-state index is 0.0905. The molecule has 0 bridgehead atoms. The molecule has 114 valence electrons. The molecule has 21 heavy (non-hydrogen) atoms. The van der Waals surface area contributed by atoms with Crippen LogP contribution in [0.1, 0.15) is 0 Å². The Bertz CT molecular complexity index is 620. The molecule has 2 heterocycles. The van der Waals surface area contributed by atoms with E-state index in [0.29, 0.717) is 17.4 Å². The lowest BCUT2D eigenvalue weighted by Crippen LogP contribution is -2.22. The van der Waals surface area contributed by atoms with Gasteiger partial charge in [0, 0.05) is 20.7 Å². The fourth-order valence-electron chi connectivity index (χ4n) is 1.55. The summed E-state index contributed by atoms with van der Waals surface area (Å²) in [6, 6.07) is 4.23. The predicted molar refractivity (Wildman–Crippen MR) is 84.1 cm³/mol. The fourth-order valence-corrected chi connectivity index (χ4v) is 3.07. The Morgan fingerprint density at radius 2 is 2.19 bits per heavy atom. The summed E-state index contributed by atoms with van der Waals surface area (Å²) in [7, 11) is -1.08. The average molecular weight is 326 g/mol. The van der Waals surface area contributed by atoms with E-state index in [-0.39, 0.29) is 5.00 Å². The first-order valence-corrected chi connectivity index (χ1v) is 11.1. The molecule has 0 atom stereocenters. The van der Waals surface area contributed by atoms with Crippen LogP contribution in [-0.4, -0.2) is 34.4 Å². The lowest BCUT2D eigenvalue weighted by Gasteiger charge is -2.15. The molecular formula is C12H18N4O3SSi. The van der Waals surface area contributed by atoms with Gasteiger partial charge in [0.05, 0.1) is 9.80 Å². The van der Waals surface area contributed by atoms with Gasteiger partial charge in [0.1, 0.15) is 13.1 Å². The van der Waals surface area contributed by atoms with E-state index >= 15 is 0 Å². The summed E-state index contributed by atoms with van der Waals surface area (Å²) in [6.45, 7) is 7.97. The number of rotatable bonds is 7. The number of hydrogen-bond acceptors (Lipinski definition) is 6. The maximum Gasteiger partial charge on any atom is 0.324 e. The highest BCUT2D eigenvalue weighted by molar-refractivity contribution is 7.18. The zero-order valence-electron chi connectivity index (χ0n) is 12.3. The summed E-state index contributed by atoms with van der Waals surface area (Å²) >= 11 is 1.07. The molecule has 2 rings (SSSR count). The second kappa shape index (κ2) is 6.46. The number of nitrogens with zero attached hydrogens (tertiary/aromatic N) is 4. The molecule has 0 aliphatic rings. The van der Waals surface area contributed by atoms with Crippen molar-refractivity contribution in [3.8, 4) is 10.7 Å². The topological polar surface area (TPSA) is 83.1 Å². The SMILES string of the molecule is C[Si](C)(C)CCOCn1cnc(-c2ccc([N+](=O)[O-])s2)n1. The molecule has 0 spiro atoms. The monoisotopic (exact) mass is 326 g/mol. The molecule has 0 amide bonds. The third-order valence-corrected chi connectivity index (χ3v) is 5.49. The maximum absolute atomic E-state index is 10.7. The average Bonchev–Trinajstić information content (AvgIpc) is 3.02. The molecule has 2 aromatic heterocycles. The molecule has 2 aromatic rings. The number of ether oxygens (including phenoxy) is 1. The van der Waals surface area contributed by atoms with Crippen molar-refractivity contribution < 1.29 is 9.66 Å². The van der Waals surface area contributed by atoms with Crippen LogP contribution < -0.4 is 0 Å². The Labute approximate surface area is 127 Å². The van der Waals surface area contributed by atoms with Gasteiger partial charge in [0.2, 0.25) is 0 Å². The van der Waals surface area contributed by atoms with Gasteiger partial charge >= 0.3 is 5.00 Å². The Balaban J connectivity index is 1.90. The molecule has 0 radical (unpaired) electrons. The molecule has 0 N–H and O–H groups in total. The van der Waals surface area contributed by atoms with Gasteiger partial charge in [0.25, 0.3) is 0 Å². The summed E-state index contributed by atoms with van der Waals surface area (Å²) in [4.78, 5) is 15.1. The van der Waals surface area contributed by atoms with Crippen molar-refractivity contribution in [3.63, 3.8) is 0 Å². The molecule has 7 nitrogen and oxygen atoms in total. The van der Waals surface area contributed by atoms with Crippen LogP contribution >= 0.6 is 11.3 Å². The molecule has 0 aromatic carbocycles. The van der Waals surface area contributed by atoms with Crippen LogP contribution in [0.5, 0.6) is 0 Å². The van der Waals surface area contributed by atoms with Crippen LogP contribution in [0.25, 0.3) is 10.7 Å². The lowest BCUT2D eigenvalue weighted by molar-refractivity contribution is -0.380. The highest BCUT2D eigenvalue weighted by Crippen LogP contribution is 2.30. The quantitative estimate of drug-likeness (QED) is 0.337. The zero-order valence-corrected chi connectivity index (χ0v) is 14.1. The normalized spacial score (nSPS) is 11.8. The van der Waals surface area contributed by atoms with Crippen molar-refractivity contribution in [2.45, 2.75) is 32.4 Å². The highest BCUT2D eigenvalue weighted by atomic mass is 32.1. The summed E-state index contributed by atoms with van der Waals surface area (Å²) in [5.74, 6) is 0.488. The second-order valence-corrected chi connectivity index (χ2v) is 12.5. The van der Waals surface area contributed by atoms with Crippen LogP contribution in [0, 0.1) is 10.1 Å². The minimum atomic E-state index is -1.08.